The van der Waals surface area contributed by atoms with Gasteiger partial charge in [0.15, 0.2) is 5.78 Å². The lowest BCUT2D eigenvalue weighted by atomic mass is 9.88. The van der Waals surface area contributed by atoms with Crippen LogP contribution >= 0.6 is 0 Å². The number of hydrogen-bond acceptors (Lipinski definition) is 2. The van der Waals surface area contributed by atoms with Gasteiger partial charge in [-0.25, -0.2) is 0 Å². The zero-order chi connectivity index (χ0) is 16.9. The van der Waals surface area contributed by atoms with E-state index in [1.165, 1.54) is 19.3 Å². The van der Waals surface area contributed by atoms with Gasteiger partial charge in [-0.2, -0.15) is 0 Å². The predicted octanol–water partition coefficient (Wildman–Crippen LogP) is 5.09. The lowest BCUT2D eigenvalue weighted by Crippen LogP contribution is -2.14. The molecular weight excluding hydrogens is 288 g/mol. The molecule has 0 aromatic carbocycles. The summed E-state index contributed by atoms with van der Waals surface area (Å²) in [6, 6.07) is 0. The second-order valence-electron chi connectivity index (χ2n) is 6.23. The number of rotatable bonds is 12. The van der Waals surface area contributed by atoms with Gasteiger partial charge in [-0.05, 0) is 50.5 Å². The number of carbonyl (C=O) groups excluding carboxylic acids is 1. The molecule has 0 amide bonds. The summed E-state index contributed by atoms with van der Waals surface area (Å²) in [7, 11) is 0. The van der Waals surface area contributed by atoms with Crippen molar-refractivity contribution in [2.45, 2.75) is 64.7 Å². The summed E-state index contributed by atoms with van der Waals surface area (Å²) in [5.74, 6) is -0.150. The molecule has 3 nitrogen and oxygen atoms in total. The molecule has 0 radical (unpaired) electrons. The molecule has 0 spiro atoms. The second-order valence-corrected chi connectivity index (χ2v) is 6.23. The zero-order valence-corrected chi connectivity index (χ0v) is 14.2. The fraction of sp³-hybridized carbons (Fsp3) is 0.600. The Kier molecular flexibility index (Phi) is 10.0. The van der Waals surface area contributed by atoms with E-state index in [9.17, 15) is 9.59 Å². The first-order valence-electron chi connectivity index (χ1n) is 8.89. The lowest BCUT2D eigenvalue weighted by Gasteiger charge is -2.14. The number of unbranched alkanes of at least 4 members (excludes halogenated alkanes) is 4. The maximum absolute atomic E-state index is 11.9. The van der Waals surface area contributed by atoms with Crippen LogP contribution in [0.4, 0.5) is 0 Å². The largest absolute Gasteiger partial charge is 0.481 e. The molecule has 0 bridgehead atoms. The zero-order valence-electron chi connectivity index (χ0n) is 14.2. The monoisotopic (exact) mass is 318 g/mol. The highest BCUT2D eigenvalue weighted by Gasteiger charge is 2.27. The van der Waals surface area contributed by atoms with Crippen molar-refractivity contribution in [3.8, 4) is 0 Å². The van der Waals surface area contributed by atoms with Crippen LogP contribution in [0.2, 0.25) is 0 Å². The van der Waals surface area contributed by atoms with Crippen molar-refractivity contribution in [1.29, 1.82) is 0 Å². The van der Waals surface area contributed by atoms with Crippen molar-refractivity contribution in [2.24, 2.45) is 11.8 Å². The Bertz CT molecular complexity index is 446. The molecule has 1 aliphatic carbocycles. The molecule has 0 unspecified atom stereocenters. The Morgan fingerprint density at radius 2 is 1.78 bits per heavy atom. The third-order valence-corrected chi connectivity index (χ3v) is 4.26. The first-order valence-corrected chi connectivity index (χ1v) is 8.89. The van der Waals surface area contributed by atoms with Gasteiger partial charge < -0.3 is 5.11 Å². The molecule has 0 aliphatic heterocycles. The van der Waals surface area contributed by atoms with Crippen molar-refractivity contribution in [1.82, 2.24) is 0 Å². The van der Waals surface area contributed by atoms with Crippen LogP contribution in [-0.2, 0) is 9.59 Å². The minimum atomic E-state index is -0.751. The lowest BCUT2D eigenvalue weighted by molar-refractivity contribution is -0.137. The molecule has 2 atom stereocenters. The average Bonchev–Trinajstić information content (AvgIpc) is 2.86. The second kappa shape index (κ2) is 11.9. The quantitative estimate of drug-likeness (QED) is 0.403. The Morgan fingerprint density at radius 3 is 2.48 bits per heavy atom. The predicted molar refractivity (Wildman–Crippen MR) is 94.3 cm³/mol. The number of carbonyl (C=O) groups is 2. The van der Waals surface area contributed by atoms with Crippen molar-refractivity contribution < 1.29 is 14.7 Å². The third kappa shape index (κ3) is 8.53. The summed E-state index contributed by atoms with van der Waals surface area (Å²) in [5, 5.41) is 8.58. The summed E-state index contributed by atoms with van der Waals surface area (Å²) in [6.07, 6.45) is 20.5. The van der Waals surface area contributed by atoms with Crippen molar-refractivity contribution in [3.05, 3.63) is 36.5 Å². The molecule has 0 aromatic heterocycles. The van der Waals surface area contributed by atoms with E-state index in [1.807, 2.05) is 18.2 Å². The smallest absolute Gasteiger partial charge is 0.303 e. The van der Waals surface area contributed by atoms with Crippen LogP contribution in [0.5, 0.6) is 0 Å². The third-order valence-electron chi connectivity index (χ3n) is 4.26. The SMILES string of the molecule is CCCCC/C=C\C[C@H]1C=CC(=O)[C@H]1C/C=C\CCCC(=O)O. The molecular formula is C20H30O3. The van der Waals surface area contributed by atoms with E-state index in [4.69, 9.17) is 5.11 Å². The van der Waals surface area contributed by atoms with E-state index >= 15 is 0 Å². The molecule has 3 heteroatoms. The van der Waals surface area contributed by atoms with Crippen LogP contribution in [0.25, 0.3) is 0 Å². The summed E-state index contributed by atoms with van der Waals surface area (Å²) < 4.78 is 0. The van der Waals surface area contributed by atoms with Gasteiger partial charge in [0, 0.05) is 12.3 Å². The maximum Gasteiger partial charge on any atom is 0.303 e. The standard InChI is InChI=1S/C20H30O3/c1-2-3-4-5-6-9-12-17-15-16-19(21)18(17)13-10-7-8-11-14-20(22)23/h6-7,9-10,15-18H,2-5,8,11-14H2,1H3,(H,22,23)/b9-6-,10-7-/t17-,18-/m0/s1. The number of ketones is 1. The Hall–Kier alpha value is -1.64. The highest BCUT2D eigenvalue weighted by atomic mass is 16.4. The Labute approximate surface area is 140 Å². The molecule has 1 aliphatic rings. The minimum absolute atomic E-state index is 0.0611. The Morgan fingerprint density at radius 1 is 1.09 bits per heavy atom. The van der Waals surface area contributed by atoms with Gasteiger partial charge in [-0.1, -0.05) is 50.1 Å². The van der Waals surface area contributed by atoms with Crippen LogP contribution in [0.15, 0.2) is 36.5 Å². The van der Waals surface area contributed by atoms with Gasteiger partial charge >= 0.3 is 5.97 Å². The summed E-state index contributed by atoms with van der Waals surface area (Å²) in [4.78, 5) is 22.4. The number of aliphatic carboxylic acids is 1. The van der Waals surface area contributed by atoms with Crippen molar-refractivity contribution in [3.63, 3.8) is 0 Å². The minimum Gasteiger partial charge on any atom is -0.481 e. The summed E-state index contributed by atoms with van der Waals surface area (Å²) >= 11 is 0. The fourth-order valence-electron chi connectivity index (χ4n) is 2.84. The molecule has 0 aromatic rings. The molecule has 1 N–H and O–H groups in total. The van der Waals surface area contributed by atoms with E-state index in [0.717, 1.165) is 25.7 Å². The van der Waals surface area contributed by atoms with Gasteiger partial charge in [0.25, 0.3) is 0 Å². The van der Waals surface area contributed by atoms with Crippen LogP contribution in [0.3, 0.4) is 0 Å². The van der Waals surface area contributed by atoms with Crippen molar-refractivity contribution in [2.75, 3.05) is 0 Å². The van der Waals surface area contributed by atoms with Gasteiger partial charge in [0.1, 0.15) is 0 Å². The summed E-state index contributed by atoms with van der Waals surface area (Å²) in [6.45, 7) is 2.21. The van der Waals surface area contributed by atoms with Gasteiger partial charge in [-0.15, -0.1) is 0 Å². The normalized spacial score (nSPS) is 21.0. The van der Waals surface area contributed by atoms with E-state index in [-0.39, 0.29) is 18.1 Å². The van der Waals surface area contributed by atoms with E-state index in [0.29, 0.717) is 12.3 Å². The van der Waals surface area contributed by atoms with E-state index in [1.54, 1.807) is 6.08 Å². The topological polar surface area (TPSA) is 54.4 Å². The molecule has 1 rings (SSSR count). The highest BCUT2D eigenvalue weighted by Crippen LogP contribution is 2.29. The molecule has 0 heterocycles. The molecule has 128 valence electrons. The van der Waals surface area contributed by atoms with Crippen LogP contribution in [0.1, 0.15) is 64.7 Å². The first kappa shape index (κ1) is 19.4. The number of carboxylic acids is 1. The number of hydrogen-bond donors (Lipinski definition) is 1. The van der Waals surface area contributed by atoms with Gasteiger partial charge in [-0.3, -0.25) is 9.59 Å². The van der Waals surface area contributed by atoms with Crippen molar-refractivity contribution >= 4 is 11.8 Å². The molecule has 0 fully saturated rings. The van der Waals surface area contributed by atoms with Gasteiger partial charge in [0.2, 0.25) is 0 Å². The van der Waals surface area contributed by atoms with Crippen LogP contribution < -0.4 is 0 Å². The maximum atomic E-state index is 11.9. The van der Waals surface area contributed by atoms with E-state index in [2.05, 4.69) is 19.1 Å². The number of carboxylic acid groups (broad SMARTS) is 1. The first-order chi connectivity index (χ1) is 11.1. The Balaban J connectivity index is 2.27. The fourth-order valence-corrected chi connectivity index (χ4v) is 2.84. The van der Waals surface area contributed by atoms with Crippen LogP contribution in [0, 0.1) is 11.8 Å². The summed E-state index contributed by atoms with van der Waals surface area (Å²) in [5.41, 5.74) is 0. The van der Waals surface area contributed by atoms with Crippen LogP contribution in [-0.4, -0.2) is 16.9 Å². The average molecular weight is 318 g/mol. The van der Waals surface area contributed by atoms with E-state index < -0.39 is 5.97 Å². The number of allylic oxidation sites excluding steroid dienone is 6. The molecule has 0 saturated heterocycles. The highest BCUT2D eigenvalue weighted by molar-refractivity contribution is 5.94. The van der Waals surface area contributed by atoms with Gasteiger partial charge in [0.05, 0.1) is 0 Å². The molecule has 0 saturated carbocycles. The molecule has 23 heavy (non-hydrogen) atoms.